The first-order chi connectivity index (χ1) is 8.99. The molecule has 1 aromatic rings. The molecular formula is C15H23N3O. The Morgan fingerprint density at radius 1 is 1.47 bits per heavy atom. The van der Waals surface area contributed by atoms with Gasteiger partial charge >= 0.3 is 0 Å². The van der Waals surface area contributed by atoms with E-state index in [1.54, 1.807) is 0 Å². The molecule has 4 heteroatoms. The molecule has 104 valence electrons. The second-order valence-electron chi connectivity index (χ2n) is 5.60. The Morgan fingerprint density at radius 3 is 2.79 bits per heavy atom. The first-order valence-electron chi connectivity index (χ1n) is 6.81. The van der Waals surface area contributed by atoms with Crippen molar-refractivity contribution < 1.29 is 4.79 Å². The molecule has 0 spiro atoms. The summed E-state index contributed by atoms with van der Waals surface area (Å²) in [7, 11) is 3.96. The molecule has 1 heterocycles. The van der Waals surface area contributed by atoms with Crippen molar-refractivity contribution in [3.8, 4) is 0 Å². The molecule has 0 aliphatic carbocycles. The number of benzene rings is 1. The number of carbonyl (C=O) groups excluding carboxylic acids is 1. The minimum absolute atomic E-state index is 0.117. The lowest BCUT2D eigenvalue weighted by Crippen LogP contribution is -2.33. The first kappa shape index (κ1) is 13.9. The van der Waals surface area contributed by atoms with Gasteiger partial charge in [0.25, 0.3) is 5.91 Å². The second-order valence-corrected chi connectivity index (χ2v) is 5.60. The zero-order chi connectivity index (χ0) is 14.0. The van der Waals surface area contributed by atoms with Crippen LogP contribution in [0.25, 0.3) is 0 Å². The monoisotopic (exact) mass is 261 g/mol. The van der Waals surface area contributed by atoms with Crippen LogP contribution in [0.15, 0.2) is 24.3 Å². The fourth-order valence-corrected chi connectivity index (χ4v) is 2.50. The van der Waals surface area contributed by atoms with Crippen LogP contribution in [-0.2, 0) is 0 Å². The van der Waals surface area contributed by atoms with Crippen molar-refractivity contribution in [3.63, 3.8) is 0 Å². The molecule has 0 aromatic heterocycles. The average molecular weight is 261 g/mol. The topological polar surface area (TPSA) is 49.6 Å². The molecule has 0 saturated carbocycles. The molecule has 1 fully saturated rings. The fraction of sp³-hybridized carbons (Fsp3) is 0.533. The Labute approximate surface area is 115 Å². The first-order valence-corrected chi connectivity index (χ1v) is 6.81. The van der Waals surface area contributed by atoms with Gasteiger partial charge in [-0.2, -0.15) is 0 Å². The van der Waals surface area contributed by atoms with Crippen molar-refractivity contribution in [1.82, 2.24) is 4.90 Å². The smallest absolute Gasteiger partial charge is 0.253 e. The molecule has 2 N–H and O–H groups in total. The molecule has 1 amide bonds. The van der Waals surface area contributed by atoms with Gasteiger partial charge in [0.1, 0.15) is 0 Å². The van der Waals surface area contributed by atoms with E-state index in [4.69, 9.17) is 5.73 Å². The van der Waals surface area contributed by atoms with E-state index in [9.17, 15) is 4.79 Å². The van der Waals surface area contributed by atoms with Gasteiger partial charge in [0.05, 0.1) is 0 Å². The number of nitrogens with two attached hydrogens (primary N) is 1. The van der Waals surface area contributed by atoms with Crippen LogP contribution < -0.4 is 10.6 Å². The lowest BCUT2D eigenvalue weighted by molar-refractivity contribution is 0.0786. The molecule has 2 rings (SSSR count). The molecule has 2 unspecified atom stereocenters. The van der Waals surface area contributed by atoms with Crippen molar-refractivity contribution >= 4 is 11.6 Å². The van der Waals surface area contributed by atoms with Crippen LogP contribution in [-0.4, -0.2) is 44.0 Å². The quantitative estimate of drug-likeness (QED) is 0.898. The van der Waals surface area contributed by atoms with E-state index in [0.29, 0.717) is 5.92 Å². The van der Waals surface area contributed by atoms with Gasteiger partial charge < -0.3 is 15.5 Å². The molecule has 1 saturated heterocycles. The third-order valence-electron chi connectivity index (χ3n) is 3.86. The molecule has 1 aliphatic heterocycles. The highest BCUT2D eigenvalue weighted by Gasteiger charge is 2.28. The number of hydrogen-bond donors (Lipinski definition) is 1. The summed E-state index contributed by atoms with van der Waals surface area (Å²) >= 11 is 0. The SMILES string of the molecule is CC(N)C1CCN(C(=O)c2cccc(N(C)C)c2)C1. The highest BCUT2D eigenvalue weighted by molar-refractivity contribution is 5.95. The summed E-state index contributed by atoms with van der Waals surface area (Å²) in [5.41, 5.74) is 7.73. The van der Waals surface area contributed by atoms with E-state index in [1.807, 2.05) is 55.1 Å². The molecule has 0 radical (unpaired) electrons. The third-order valence-corrected chi connectivity index (χ3v) is 3.86. The minimum Gasteiger partial charge on any atom is -0.378 e. The van der Waals surface area contributed by atoms with E-state index in [1.165, 1.54) is 0 Å². The summed E-state index contributed by atoms with van der Waals surface area (Å²) in [5, 5.41) is 0. The second kappa shape index (κ2) is 5.61. The zero-order valence-corrected chi connectivity index (χ0v) is 12.0. The van der Waals surface area contributed by atoms with Gasteiger partial charge in [-0.05, 0) is 37.5 Å². The fourth-order valence-electron chi connectivity index (χ4n) is 2.50. The maximum atomic E-state index is 12.5. The molecule has 1 aliphatic rings. The van der Waals surface area contributed by atoms with Crippen LogP contribution in [0.5, 0.6) is 0 Å². The van der Waals surface area contributed by atoms with Crippen molar-refractivity contribution in [2.75, 3.05) is 32.1 Å². The number of likely N-dealkylation sites (tertiary alicyclic amines) is 1. The number of nitrogens with zero attached hydrogens (tertiary/aromatic N) is 2. The summed E-state index contributed by atoms with van der Waals surface area (Å²) in [6, 6.07) is 7.93. The van der Waals surface area contributed by atoms with Gasteiger partial charge in [-0.15, -0.1) is 0 Å². The van der Waals surface area contributed by atoms with Gasteiger partial charge in [-0.3, -0.25) is 4.79 Å². The molecule has 19 heavy (non-hydrogen) atoms. The number of amides is 1. The largest absolute Gasteiger partial charge is 0.378 e. The van der Waals surface area contributed by atoms with Gasteiger partial charge in [0.15, 0.2) is 0 Å². The minimum atomic E-state index is 0.117. The summed E-state index contributed by atoms with van der Waals surface area (Å²) in [6.45, 7) is 3.62. The van der Waals surface area contributed by atoms with Crippen molar-refractivity contribution in [3.05, 3.63) is 29.8 Å². The van der Waals surface area contributed by atoms with Crippen LogP contribution in [0.4, 0.5) is 5.69 Å². The predicted molar refractivity (Wildman–Crippen MR) is 78.4 cm³/mol. The third kappa shape index (κ3) is 3.07. The Balaban J connectivity index is 2.10. The van der Waals surface area contributed by atoms with Crippen LogP contribution in [0.1, 0.15) is 23.7 Å². The number of rotatable bonds is 3. The number of anilines is 1. The highest BCUT2D eigenvalue weighted by atomic mass is 16.2. The summed E-state index contributed by atoms with van der Waals surface area (Å²) in [5.74, 6) is 0.549. The molecule has 4 nitrogen and oxygen atoms in total. The Hall–Kier alpha value is -1.55. The lowest BCUT2D eigenvalue weighted by Gasteiger charge is -2.19. The Morgan fingerprint density at radius 2 is 2.21 bits per heavy atom. The molecule has 0 bridgehead atoms. The lowest BCUT2D eigenvalue weighted by atomic mass is 10.0. The molecular weight excluding hydrogens is 238 g/mol. The van der Waals surface area contributed by atoms with E-state index < -0.39 is 0 Å². The van der Waals surface area contributed by atoms with Crippen LogP contribution in [0.3, 0.4) is 0 Å². The van der Waals surface area contributed by atoms with Crippen LogP contribution in [0.2, 0.25) is 0 Å². The van der Waals surface area contributed by atoms with Crippen LogP contribution in [0, 0.1) is 5.92 Å². The average Bonchev–Trinajstić information content (AvgIpc) is 2.87. The number of hydrogen-bond acceptors (Lipinski definition) is 3. The predicted octanol–water partition coefficient (Wildman–Crippen LogP) is 1.56. The zero-order valence-electron chi connectivity index (χ0n) is 12.0. The van der Waals surface area contributed by atoms with Gasteiger partial charge in [-0.25, -0.2) is 0 Å². The van der Waals surface area contributed by atoms with E-state index >= 15 is 0 Å². The van der Waals surface area contributed by atoms with Crippen molar-refractivity contribution in [2.24, 2.45) is 11.7 Å². The molecule has 2 atom stereocenters. The Kier molecular flexibility index (Phi) is 4.10. The Bertz CT molecular complexity index is 456. The van der Waals surface area contributed by atoms with E-state index in [-0.39, 0.29) is 11.9 Å². The summed E-state index contributed by atoms with van der Waals surface area (Å²) in [4.78, 5) is 16.4. The maximum absolute atomic E-state index is 12.5. The standard InChI is InChI=1S/C15H23N3O/c1-11(16)13-7-8-18(10-13)15(19)12-5-4-6-14(9-12)17(2)3/h4-6,9,11,13H,7-8,10,16H2,1-3H3. The van der Waals surface area contributed by atoms with E-state index in [2.05, 4.69) is 0 Å². The summed E-state index contributed by atoms with van der Waals surface area (Å²) in [6.07, 6.45) is 1.01. The highest BCUT2D eigenvalue weighted by Crippen LogP contribution is 2.22. The normalized spacial score (nSPS) is 20.4. The number of carbonyl (C=O) groups is 1. The van der Waals surface area contributed by atoms with Gasteiger partial charge in [0, 0.05) is 44.5 Å². The van der Waals surface area contributed by atoms with E-state index in [0.717, 1.165) is 30.8 Å². The van der Waals surface area contributed by atoms with Crippen molar-refractivity contribution in [1.29, 1.82) is 0 Å². The van der Waals surface area contributed by atoms with Gasteiger partial charge in [0.2, 0.25) is 0 Å². The maximum Gasteiger partial charge on any atom is 0.253 e. The van der Waals surface area contributed by atoms with Crippen molar-refractivity contribution in [2.45, 2.75) is 19.4 Å². The van der Waals surface area contributed by atoms with Gasteiger partial charge in [-0.1, -0.05) is 6.07 Å². The van der Waals surface area contributed by atoms with Crippen LogP contribution >= 0.6 is 0 Å². The molecule has 1 aromatic carbocycles. The summed E-state index contributed by atoms with van der Waals surface area (Å²) < 4.78 is 0.